The van der Waals surface area contributed by atoms with Crippen LogP contribution in [0, 0.1) is 0 Å². The summed E-state index contributed by atoms with van der Waals surface area (Å²) in [6.07, 6.45) is 0.0666. The summed E-state index contributed by atoms with van der Waals surface area (Å²) in [6.45, 7) is 0. The average Bonchev–Trinajstić information content (AvgIpc) is 2.81. The monoisotopic (exact) mass is 542 g/mol. The fraction of sp³-hybridized carbons (Fsp3) is 0.174. The lowest BCUT2D eigenvalue weighted by Gasteiger charge is -2.20. The maximum absolute atomic E-state index is 13.3. The van der Waals surface area contributed by atoms with Crippen LogP contribution in [0.4, 0.5) is 5.69 Å². The number of ether oxygens (including phenoxy) is 2. The first-order valence-corrected chi connectivity index (χ1v) is 12.5. The largest absolute Gasteiger partial charge is 0.495 e. The standard InChI is InChI=1S/C23H21Cl3N2O5S/c1-32-20-13-18(21(33-2)12-17(20)26)27-23(29)19(10-14-6-4-3-5-7-14)28-34(30,31)22-11-15(24)8-9-16(22)25/h3-9,11-13,19,28H,10H2,1-2H3,(H,27,29)/t19-/m1/s1. The number of methoxy groups -OCH3 is 2. The van der Waals surface area contributed by atoms with Gasteiger partial charge in [-0.05, 0) is 30.2 Å². The minimum Gasteiger partial charge on any atom is -0.495 e. The van der Waals surface area contributed by atoms with Crippen molar-refractivity contribution < 1.29 is 22.7 Å². The second-order valence-electron chi connectivity index (χ2n) is 7.11. The average molecular weight is 544 g/mol. The molecule has 0 radical (unpaired) electrons. The van der Waals surface area contributed by atoms with Gasteiger partial charge in [-0.25, -0.2) is 8.42 Å². The van der Waals surface area contributed by atoms with Gasteiger partial charge >= 0.3 is 0 Å². The van der Waals surface area contributed by atoms with Gasteiger partial charge in [0, 0.05) is 17.2 Å². The third-order valence-corrected chi connectivity index (χ3v) is 7.29. The van der Waals surface area contributed by atoms with Gasteiger partial charge in [-0.3, -0.25) is 4.79 Å². The summed E-state index contributed by atoms with van der Waals surface area (Å²) in [7, 11) is -1.36. The van der Waals surface area contributed by atoms with E-state index in [2.05, 4.69) is 10.0 Å². The highest BCUT2D eigenvalue weighted by Crippen LogP contribution is 2.36. The molecule has 3 aromatic carbocycles. The summed E-state index contributed by atoms with van der Waals surface area (Å²) in [6, 6.07) is 14.8. The van der Waals surface area contributed by atoms with Gasteiger partial charge in [-0.2, -0.15) is 4.72 Å². The summed E-state index contributed by atoms with van der Waals surface area (Å²) in [4.78, 5) is 13.1. The minimum atomic E-state index is -4.21. The number of benzene rings is 3. The van der Waals surface area contributed by atoms with Crippen molar-refractivity contribution in [2.24, 2.45) is 0 Å². The molecule has 0 fully saturated rings. The lowest BCUT2D eigenvalue weighted by molar-refractivity contribution is -0.117. The molecule has 3 aromatic rings. The van der Waals surface area contributed by atoms with Crippen LogP contribution in [-0.2, 0) is 21.2 Å². The zero-order valence-electron chi connectivity index (χ0n) is 18.1. The van der Waals surface area contributed by atoms with Crippen molar-refractivity contribution in [3.63, 3.8) is 0 Å². The summed E-state index contributed by atoms with van der Waals surface area (Å²) in [5.74, 6) is -0.0460. The first-order chi connectivity index (χ1) is 16.1. The second kappa shape index (κ2) is 11.3. The second-order valence-corrected chi connectivity index (χ2v) is 10.0. The summed E-state index contributed by atoms with van der Waals surface area (Å²) in [5, 5.41) is 3.14. The lowest BCUT2D eigenvalue weighted by Crippen LogP contribution is -2.45. The van der Waals surface area contributed by atoms with Crippen molar-refractivity contribution in [3.05, 3.63) is 81.3 Å². The van der Waals surface area contributed by atoms with E-state index in [1.54, 1.807) is 24.3 Å². The van der Waals surface area contributed by atoms with Crippen LogP contribution >= 0.6 is 34.8 Å². The molecule has 0 aromatic heterocycles. The third-order valence-electron chi connectivity index (χ3n) is 4.81. The van der Waals surface area contributed by atoms with Crippen molar-refractivity contribution in [3.8, 4) is 11.5 Å². The molecule has 0 heterocycles. The Hall–Kier alpha value is -2.49. The number of hydrogen-bond acceptors (Lipinski definition) is 5. The predicted molar refractivity (Wildman–Crippen MR) is 134 cm³/mol. The first kappa shape index (κ1) is 26.1. The van der Waals surface area contributed by atoms with Crippen molar-refractivity contribution in [2.45, 2.75) is 17.4 Å². The number of rotatable bonds is 9. The Morgan fingerprint density at radius 1 is 0.912 bits per heavy atom. The Morgan fingerprint density at radius 2 is 1.59 bits per heavy atom. The number of hydrogen-bond donors (Lipinski definition) is 2. The maximum atomic E-state index is 13.3. The number of carbonyl (C=O) groups excluding carboxylic acids is 1. The number of amides is 1. The summed E-state index contributed by atoms with van der Waals surface area (Å²) < 4.78 is 39.2. The van der Waals surface area contributed by atoms with Gasteiger partial charge in [-0.15, -0.1) is 0 Å². The van der Waals surface area contributed by atoms with Gasteiger partial charge in [0.1, 0.15) is 22.4 Å². The van der Waals surface area contributed by atoms with E-state index in [0.29, 0.717) is 5.75 Å². The van der Waals surface area contributed by atoms with E-state index in [4.69, 9.17) is 44.3 Å². The highest BCUT2D eigenvalue weighted by molar-refractivity contribution is 7.89. The molecule has 0 spiro atoms. The molecule has 0 saturated heterocycles. The zero-order valence-corrected chi connectivity index (χ0v) is 21.2. The molecule has 1 amide bonds. The molecule has 3 rings (SSSR count). The highest BCUT2D eigenvalue weighted by atomic mass is 35.5. The van der Waals surface area contributed by atoms with E-state index in [-0.39, 0.29) is 37.8 Å². The Morgan fingerprint density at radius 3 is 2.24 bits per heavy atom. The van der Waals surface area contributed by atoms with Crippen LogP contribution in [-0.4, -0.2) is 34.6 Å². The van der Waals surface area contributed by atoms with Crippen LogP contribution in [0.3, 0.4) is 0 Å². The molecule has 0 bridgehead atoms. The molecule has 0 aliphatic heterocycles. The number of halogens is 3. The van der Waals surface area contributed by atoms with E-state index in [9.17, 15) is 13.2 Å². The normalized spacial score (nSPS) is 12.1. The number of sulfonamides is 1. The molecule has 0 unspecified atom stereocenters. The summed E-state index contributed by atoms with van der Waals surface area (Å²) in [5.41, 5.74) is 0.995. The quantitative estimate of drug-likeness (QED) is 0.387. The van der Waals surface area contributed by atoms with Gasteiger partial charge in [0.2, 0.25) is 15.9 Å². The highest BCUT2D eigenvalue weighted by Gasteiger charge is 2.28. The molecule has 0 aliphatic rings. The van der Waals surface area contributed by atoms with Crippen molar-refractivity contribution in [1.82, 2.24) is 4.72 Å². The Labute approximate surface area is 213 Å². The zero-order chi connectivity index (χ0) is 24.9. The fourth-order valence-electron chi connectivity index (χ4n) is 3.15. The van der Waals surface area contributed by atoms with Crippen molar-refractivity contribution in [2.75, 3.05) is 19.5 Å². The van der Waals surface area contributed by atoms with Crippen molar-refractivity contribution in [1.29, 1.82) is 0 Å². The Bertz CT molecular complexity index is 1290. The van der Waals surface area contributed by atoms with Crippen molar-refractivity contribution >= 4 is 56.4 Å². The lowest BCUT2D eigenvalue weighted by atomic mass is 10.1. The van der Waals surface area contributed by atoms with Crippen LogP contribution in [0.25, 0.3) is 0 Å². The van der Waals surface area contributed by atoms with Crippen LogP contribution in [0.2, 0.25) is 15.1 Å². The SMILES string of the molecule is COc1cc(NC(=O)[C@@H](Cc2ccccc2)NS(=O)(=O)c2cc(Cl)ccc2Cl)c(OC)cc1Cl. The molecule has 11 heteroatoms. The molecule has 2 N–H and O–H groups in total. The summed E-state index contributed by atoms with van der Waals surface area (Å²) >= 11 is 18.2. The third kappa shape index (κ3) is 6.34. The van der Waals surface area contributed by atoms with E-state index in [1.165, 1.54) is 44.6 Å². The van der Waals surface area contributed by atoms with Gasteiger partial charge in [-0.1, -0.05) is 65.1 Å². The molecule has 0 aliphatic carbocycles. The van der Waals surface area contributed by atoms with Gasteiger partial charge in [0.25, 0.3) is 0 Å². The van der Waals surface area contributed by atoms with Crippen LogP contribution < -0.4 is 19.5 Å². The van der Waals surface area contributed by atoms with E-state index in [1.807, 2.05) is 6.07 Å². The molecular formula is C23H21Cl3N2O5S. The Kier molecular flexibility index (Phi) is 8.67. The molecule has 180 valence electrons. The molecule has 0 saturated carbocycles. The predicted octanol–water partition coefficient (Wildman–Crippen LogP) is 5.19. The first-order valence-electron chi connectivity index (χ1n) is 9.88. The fourth-order valence-corrected chi connectivity index (χ4v) is 5.34. The molecular weight excluding hydrogens is 523 g/mol. The van der Waals surface area contributed by atoms with Gasteiger partial charge in [0.05, 0.1) is 30.0 Å². The van der Waals surface area contributed by atoms with E-state index < -0.39 is 22.0 Å². The number of nitrogens with one attached hydrogen (secondary N) is 2. The molecule has 7 nitrogen and oxygen atoms in total. The van der Waals surface area contributed by atoms with E-state index in [0.717, 1.165) is 5.56 Å². The van der Waals surface area contributed by atoms with Gasteiger partial charge < -0.3 is 14.8 Å². The van der Waals surface area contributed by atoms with Crippen LogP contribution in [0.1, 0.15) is 5.56 Å². The van der Waals surface area contributed by atoms with Crippen LogP contribution in [0.5, 0.6) is 11.5 Å². The maximum Gasteiger partial charge on any atom is 0.243 e. The minimum absolute atomic E-state index is 0.0279. The number of carbonyl (C=O) groups is 1. The smallest absolute Gasteiger partial charge is 0.243 e. The molecule has 1 atom stereocenters. The molecule has 34 heavy (non-hydrogen) atoms. The number of anilines is 1. The topological polar surface area (TPSA) is 93.7 Å². The van der Waals surface area contributed by atoms with Gasteiger partial charge in [0.15, 0.2) is 0 Å². The Balaban J connectivity index is 1.96. The van der Waals surface area contributed by atoms with Crippen LogP contribution in [0.15, 0.2) is 65.6 Å². The van der Waals surface area contributed by atoms with E-state index >= 15 is 0 Å².